The Bertz CT molecular complexity index is 386. The fourth-order valence-corrected chi connectivity index (χ4v) is 3.14. The molecule has 1 N–H and O–H groups in total. The summed E-state index contributed by atoms with van der Waals surface area (Å²) in [5, 5.41) is 4.92. The zero-order valence-electron chi connectivity index (χ0n) is 10.9. The summed E-state index contributed by atoms with van der Waals surface area (Å²) in [4.78, 5) is 0. The molecule has 0 aromatic heterocycles. The molecule has 1 aromatic carbocycles. The van der Waals surface area contributed by atoms with Crippen LogP contribution < -0.4 is 5.32 Å². The van der Waals surface area contributed by atoms with Crippen molar-refractivity contribution in [1.29, 1.82) is 0 Å². The minimum Gasteiger partial charge on any atom is -0.310 e. The third-order valence-electron chi connectivity index (χ3n) is 4.00. The molecule has 1 saturated carbocycles. The Morgan fingerprint density at radius 3 is 2.67 bits per heavy atom. The van der Waals surface area contributed by atoms with Crippen molar-refractivity contribution in [3.8, 4) is 0 Å². The Balaban J connectivity index is 1.88. The number of rotatable bonds is 4. The highest BCUT2D eigenvalue weighted by Crippen LogP contribution is 2.28. The highest BCUT2D eigenvalue weighted by atomic mass is 35.5. The largest absolute Gasteiger partial charge is 0.310 e. The Kier molecular flexibility index (Phi) is 5.35. The van der Waals surface area contributed by atoms with Crippen LogP contribution in [-0.4, -0.2) is 6.04 Å². The van der Waals surface area contributed by atoms with Gasteiger partial charge in [0.05, 0.1) is 10.0 Å². The van der Waals surface area contributed by atoms with Gasteiger partial charge in [0.2, 0.25) is 0 Å². The molecule has 0 saturated heterocycles. The number of hydrogen-bond acceptors (Lipinski definition) is 1. The minimum absolute atomic E-state index is 0.556. The standard InChI is InChI=1S/C15H21Cl2N/c1-11(12-6-3-2-4-7-12)18-10-13-8-5-9-14(16)15(13)17/h5,8-9,11-12,18H,2-4,6-7,10H2,1H3/t11-/m1/s1. The Morgan fingerprint density at radius 2 is 1.94 bits per heavy atom. The van der Waals surface area contributed by atoms with Crippen molar-refractivity contribution in [3.05, 3.63) is 33.8 Å². The molecule has 1 nitrogen and oxygen atoms in total. The molecule has 0 unspecified atom stereocenters. The van der Waals surface area contributed by atoms with Gasteiger partial charge in [0.1, 0.15) is 0 Å². The van der Waals surface area contributed by atoms with E-state index in [1.54, 1.807) is 0 Å². The maximum absolute atomic E-state index is 6.19. The molecule has 1 fully saturated rings. The van der Waals surface area contributed by atoms with Crippen LogP contribution in [0.3, 0.4) is 0 Å². The Morgan fingerprint density at radius 1 is 1.22 bits per heavy atom. The molecule has 100 valence electrons. The van der Waals surface area contributed by atoms with Crippen molar-refractivity contribution in [3.63, 3.8) is 0 Å². The minimum atomic E-state index is 0.556. The van der Waals surface area contributed by atoms with Crippen molar-refractivity contribution >= 4 is 23.2 Å². The van der Waals surface area contributed by atoms with Gasteiger partial charge in [-0.05, 0) is 37.3 Å². The van der Waals surface area contributed by atoms with Crippen LogP contribution in [0.1, 0.15) is 44.6 Å². The third kappa shape index (κ3) is 3.63. The predicted octanol–water partition coefficient (Wildman–Crippen LogP) is 5.05. The summed E-state index contributed by atoms with van der Waals surface area (Å²) in [6.45, 7) is 3.09. The quantitative estimate of drug-likeness (QED) is 0.816. The van der Waals surface area contributed by atoms with Gasteiger partial charge in [-0.1, -0.05) is 54.6 Å². The molecule has 2 rings (SSSR count). The molecular formula is C15H21Cl2N. The average Bonchev–Trinajstić information content (AvgIpc) is 2.41. The van der Waals surface area contributed by atoms with Crippen molar-refractivity contribution in [2.75, 3.05) is 0 Å². The second kappa shape index (κ2) is 6.79. The molecule has 0 bridgehead atoms. The first-order valence-electron chi connectivity index (χ1n) is 6.84. The predicted molar refractivity (Wildman–Crippen MR) is 79.3 cm³/mol. The van der Waals surface area contributed by atoms with Gasteiger partial charge >= 0.3 is 0 Å². The van der Waals surface area contributed by atoms with Crippen LogP contribution in [0.15, 0.2) is 18.2 Å². The number of hydrogen-bond donors (Lipinski definition) is 1. The maximum Gasteiger partial charge on any atom is 0.0637 e. The van der Waals surface area contributed by atoms with Gasteiger partial charge < -0.3 is 5.32 Å². The summed E-state index contributed by atoms with van der Waals surface area (Å²) in [5.41, 5.74) is 1.09. The number of nitrogens with one attached hydrogen (secondary N) is 1. The van der Waals surface area contributed by atoms with Gasteiger partial charge in [0.25, 0.3) is 0 Å². The molecule has 3 heteroatoms. The molecule has 0 heterocycles. The van der Waals surface area contributed by atoms with E-state index in [4.69, 9.17) is 23.2 Å². The number of benzene rings is 1. The Labute approximate surface area is 120 Å². The van der Waals surface area contributed by atoms with Crippen LogP contribution in [-0.2, 0) is 6.54 Å². The average molecular weight is 286 g/mol. The van der Waals surface area contributed by atoms with E-state index in [2.05, 4.69) is 12.2 Å². The molecule has 0 aliphatic heterocycles. The fourth-order valence-electron chi connectivity index (χ4n) is 2.76. The Hall–Kier alpha value is -0.240. The van der Waals surface area contributed by atoms with E-state index in [1.807, 2.05) is 18.2 Å². The van der Waals surface area contributed by atoms with Crippen LogP contribution in [0.4, 0.5) is 0 Å². The lowest BCUT2D eigenvalue weighted by molar-refractivity contribution is 0.280. The van der Waals surface area contributed by atoms with Gasteiger partial charge in [-0.3, -0.25) is 0 Å². The van der Waals surface area contributed by atoms with E-state index in [0.29, 0.717) is 16.1 Å². The van der Waals surface area contributed by atoms with Gasteiger partial charge in [-0.15, -0.1) is 0 Å². The summed E-state index contributed by atoms with van der Waals surface area (Å²) in [6.07, 6.45) is 6.89. The monoisotopic (exact) mass is 285 g/mol. The molecule has 1 aromatic rings. The molecule has 1 aliphatic carbocycles. The lowest BCUT2D eigenvalue weighted by atomic mass is 9.84. The van der Waals surface area contributed by atoms with Crippen molar-refractivity contribution in [2.45, 2.75) is 51.6 Å². The highest BCUT2D eigenvalue weighted by molar-refractivity contribution is 6.42. The second-order valence-corrected chi connectivity index (χ2v) is 6.07. The normalized spacial score (nSPS) is 18.8. The first-order valence-corrected chi connectivity index (χ1v) is 7.60. The first kappa shape index (κ1) is 14.2. The van der Waals surface area contributed by atoms with Crippen LogP contribution in [0, 0.1) is 5.92 Å². The van der Waals surface area contributed by atoms with E-state index in [0.717, 1.165) is 18.0 Å². The van der Waals surface area contributed by atoms with Crippen molar-refractivity contribution in [1.82, 2.24) is 5.32 Å². The topological polar surface area (TPSA) is 12.0 Å². The van der Waals surface area contributed by atoms with Gasteiger partial charge in [-0.25, -0.2) is 0 Å². The van der Waals surface area contributed by atoms with E-state index in [9.17, 15) is 0 Å². The van der Waals surface area contributed by atoms with E-state index in [-0.39, 0.29) is 0 Å². The maximum atomic E-state index is 6.19. The number of halogens is 2. The third-order valence-corrected chi connectivity index (χ3v) is 4.86. The lowest BCUT2D eigenvalue weighted by Crippen LogP contribution is -2.34. The fraction of sp³-hybridized carbons (Fsp3) is 0.600. The zero-order chi connectivity index (χ0) is 13.0. The van der Waals surface area contributed by atoms with Crippen molar-refractivity contribution in [2.24, 2.45) is 5.92 Å². The van der Waals surface area contributed by atoms with Crippen LogP contribution in [0.2, 0.25) is 10.0 Å². The van der Waals surface area contributed by atoms with E-state index in [1.165, 1.54) is 32.1 Å². The highest BCUT2D eigenvalue weighted by Gasteiger charge is 2.19. The second-order valence-electron chi connectivity index (χ2n) is 5.28. The van der Waals surface area contributed by atoms with Crippen molar-refractivity contribution < 1.29 is 0 Å². The lowest BCUT2D eigenvalue weighted by Gasteiger charge is -2.28. The molecule has 1 atom stereocenters. The smallest absolute Gasteiger partial charge is 0.0637 e. The van der Waals surface area contributed by atoms with Crippen LogP contribution in [0.5, 0.6) is 0 Å². The summed E-state index contributed by atoms with van der Waals surface area (Å²) in [6, 6.07) is 6.38. The summed E-state index contributed by atoms with van der Waals surface area (Å²) in [7, 11) is 0. The molecule has 0 radical (unpaired) electrons. The molecule has 0 amide bonds. The molecular weight excluding hydrogens is 265 g/mol. The zero-order valence-corrected chi connectivity index (χ0v) is 12.4. The first-order chi connectivity index (χ1) is 8.68. The summed E-state index contributed by atoms with van der Waals surface area (Å²) in [5.74, 6) is 0.816. The SMILES string of the molecule is C[C@@H](NCc1cccc(Cl)c1Cl)C1CCCCC1. The van der Waals surface area contributed by atoms with Crippen LogP contribution >= 0.6 is 23.2 Å². The van der Waals surface area contributed by atoms with E-state index < -0.39 is 0 Å². The van der Waals surface area contributed by atoms with Crippen LogP contribution in [0.25, 0.3) is 0 Å². The molecule has 0 spiro atoms. The van der Waals surface area contributed by atoms with Gasteiger partial charge in [-0.2, -0.15) is 0 Å². The molecule has 18 heavy (non-hydrogen) atoms. The van der Waals surface area contributed by atoms with Gasteiger partial charge in [0, 0.05) is 12.6 Å². The van der Waals surface area contributed by atoms with Gasteiger partial charge in [0.15, 0.2) is 0 Å². The summed E-state index contributed by atoms with van der Waals surface area (Å²) >= 11 is 12.2. The summed E-state index contributed by atoms with van der Waals surface area (Å²) < 4.78 is 0. The molecule has 1 aliphatic rings. The van der Waals surface area contributed by atoms with E-state index >= 15 is 0 Å².